The van der Waals surface area contributed by atoms with Gasteiger partial charge in [0.25, 0.3) is 5.91 Å². The number of amides is 1. The van der Waals surface area contributed by atoms with E-state index in [0.717, 1.165) is 35.4 Å². The molecule has 0 saturated heterocycles. The molecule has 1 amide bonds. The quantitative estimate of drug-likeness (QED) is 0.737. The van der Waals surface area contributed by atoms with Crippen molar-refractivity contribution >= 4 is 5.91 Å². The molecule has 2 aromatic heterocycles. The second-order valence-corrected chi connectivity index (χ2v) is 7.49. The third-order valence-electron chi connectivity index (χ3n) is 5.40. The summed E-state index contributed by atoms with van der Waals surface area (Å²) in [5.41, 5.74) is 7.46. The predicted octanol–water partition coefficient (Wildman–Crippen LogP) is 3.87. The van der Waals surface area contributed by atoms with Crippen LogP contribution in [0.25, 0.3) is 11.4 Å². The Morgan fingerprint density at radius 3 is 2.79 bits per heavy atom. The minimum atomic E-state index is -0.0246. The fraction of sp³-hybridized carbons (Fsp3) is 0.348. The number of aromatic nitrogens is 3. The zero-order chi connectivity index (χ0) is 19.5. The van der Waals surface area contributed by atoms with Crippen LogP contribution in [-0.4, -0.2) is 27.2 Å². The number of benzene rings is 1. The lowest BCUT2D eigenvalue weighted by molar-refractivity contribution is 0.0951. The van der Waals surface area contributed by atoms with Gasteiger partial charge in [0.05, 0.1) is 12.2 Å². The van der Waals surface area contributed by atoms with Crippen molar-refractivity contribution in [2.24, 2.45) is 0 Å². The van der Waals surface area contributed by atoms with Crippen LogP contribution in [0.3, 0.4) is 0 Å². The number of hydrogen-bond acceptors (Lipinski definition) is 3. The van der Waals surface area contributed by atoms with E-state index in [4.69, 9.17) is 5.10 Å². The fourth-order valence-electron chi connectivity index (χ4n) is 4.00. The van der Waals surface area contributed by atoms with Crippen LogP contribution < -0.4 is 5.32 Å². The molecule has 1 aliphatic rings. The van der Waals surface area contributed by atoms with Crippen molar-refractivity contribution in [3.63, 3.8) is 0 Å². The lowest BCUT2D eigenvalue weighted by Crippen LogP contribution is -2.28. The van der Waals surface area contributed by atoms with E-state index in [0.29, 0.717) is 13.1 Å². The van der Waals surface area contributed by atoms with Crippen LogP contribution in [0.5, 0.6) is 0 Å². The van der Waals surface area contributed by atoms with Gasteiger partial charge in [-0.25, -0.2) is 0 Å². The monoisotopic (exact) mass is 374 g/mol. The van der Waals surface area contributed by atoms with Crippen molar-refractivity contribution in [2.75, 3.05) is 6.54 Å². The Morgan fingerprint density at radius 1 is 1.14 bits per heavy atom. The maximum absolute atomic E-state index is 12.5. The topological polar surface area (TPSA) is 59.8 Å². The van der Waals surface area contributed by atoms with E-state index >= 15 is 0 Å². The Hall–Kier alpha value is -2.95. The van der Waals surface area contributed by atoms with E-state index in [1.54, 1.807) is 0 Å². The zero-order valence-corrected chi connectivity index (χ0v) is 16.5. The summed E-state index contributed by atoms with van der Waals surface area (Å²) in [6.07, 6.45) is 6.29. The lowest BCUT2D eigenvalue weighted by atomic mass is 9.95. The first kappa shape index (κ1) is 18.4. The minimum absolute atomic E-state index is 0.0246. The molecule has 0 unspecified atom stereocenters. The number of carbonyl (C=O) groups is 1. The molecule has 1 aromatic carbocycles. The molecule has 1 aliphatic carbocycles. The second-order valence-electron chi connectivity index (χ2n) is 7.49. The summed E-state index contributed by atoms with van der Waals surface area (Å²) in [4.78, 5) is 17.0. The maximum atomic E-state index is 12.5. The zero-order valence-electron chi connectivity index (χ0n) is 16.5. The molecule has 4 rings (SSSR count). The molecule has 0 bridgehead atoms. The molecule has 0 saturated carbocycles. The van der Waals surface area contributed by atoms with Crippen LogP contribution in [0.15, 0.2) is 42.6 Å². The van der Waals surface area contributed by atoms with Crippen LogP contribution >= 0.6 is 0 Å². The summed E-state index contributed by atoms with van der Waals surface area (Å²) >= 11 is 0. The highest BCUT2D eigenvalue weighted by molar-refractivity contribution is 5.95. The van der Waals surface area contributed by atoms with Crippen molar-refractivity contribution in [3.05, 3.63) is 70.5 Å². The number of rotatable bonds is 5. The molecule has 0 aliphatic heterocycles. The predicted molar refractivity (Wildman–Crippen MR) is 110 cm³/mol. The van der Waals surface area contributed by atoms with Gasteiger partial charge < -0.3 is 5.32 Å². The minimum Gasteiger partial charge on any atom is -0.350 e. The van der Waals surface area contributed by atoms with E-state index < -0.39 is 0 Å². The first-order valence-electron chi connectivity index (χ1n) is 9.99. The SMILES string of the molecule is Cc1ccc(C(=O)NCCn2nc(-c3ccccn3)c3c2CCCC3)c(C)c1. The van der Waals surface area contributed by atoms with Gasteiger partial charge in [0.15, 0.2) is 0 Å². The Bertz CT molecular complexity index is 991. The van der Waals surface area contributed by atoms with Gasteiger partial charge >= 0.3 is 0 Å². The summed E-state index contributed by atoms with van der Waals surface area (Å²) in [6, 6.07) is 11.9. The van der Waals surface area contributed by atoms with Crippen molar-refractivity contribution in [1.29, 1.82) is 0 Å². The standard InChI is InChI=1S/C23H26N4O/c1-16-10-11-18(17(2)15-16)23(28)25-13-14-27-21-9-4-3-7-19(21)22(26-27)20-8-5-6-12-24-20/h5-6,8,10-12,15H,3-4,7,9,13-14H2,1-2H3,(H,25,28). The van der Waals surface area contributed by atoms with Gasteiger partial charge in [-0.15, -0.1) is 0 Å². The summed E-state index contributed by atoms with van der Waals surface area (Å²) < 4.78 is 2.07. The van der Waals surface area contributed by atoms with Gasteiger partial charge in [-0.2, -0.15) is 5.10 Å². The number of carbonyl (C=O) groups excluding carboxylic acids is 1. The van der Waals surface area contributed by atoms with Gasteiger partial charge in [0.2, 0.25) is 0 Å². The van der Waals surface area contributed by atoms with Crippen molar-refractivity contribution < 1.29 is 4.79 Å². The van der Waals surface area contributed by atoms with Crippen LogP contribution in [0.4, 0.5) is 0 Å². The highest BCUT2D eigenvalue weighted by Gasteiger charge is 2.22. The van der Waals surface area contributed by atoms with Crippen LogP contribution in [-0.2, 0) is 19.4 Å². The normalized spacial score (nSPS) is 13.2. The Kier molecular flexibility index (Phi) is 5.24. The number of nitrogens with one attached hydrogen (secondary N) is 1. The van der Waals surface area contributed by atoms with E-state index in [1.807, 2.05) is 56.4 Å². The smallest absolute Gasteiger partial charge is 0.251 e. The number of fused-ring (bicyclic) bond motifs is 1. The van der Waals surface area contributed by atoms with Crippen LogP contribution in [0.2, 0.25) is 0 Å². The van der Waals surface area contributed by atoms with Crippen LogP contribution in [0, 0.1) is 13.8 Å². The molecule has 0 radical (unpaired) electrons. The molecule has 0 spiro atoms. The molecular formula is C23H26N4O. The highest BCUT2D eigenvalue weighted by Crippen LogP contribution is 2.30. The average molecular weight is 374 g/mol. The van der Waals surface area contributed by atoms with Gasteiger partial charge in [-0.1, -0.05) is 23.8 Å². The fourth-order valence-corrected chi connectivity index (χ4v) is 4.00. The Labute approximate surface area is 165 Å². The third-order valence-corrected chi connectivity index (χ3v) is 5.40. The Balaban J connectivity index is 1.49. The summed E-state index contributed by atoms with van der Waals surface area (Å²) in [5.74, 6) is -0.0246. The van der Waals surface area contributed by atoms with Gasteiger partial charge in [-0.3, -0.25) is 14.5 Å². The van der Waals surface area contributed by atoms with E-state index in [1.165, 1.54) is 29.7 Å². The van der Waals surface area contributed by atoms with Crippen molar-refractivity contribution in [1.82, 2.24) is 20.1 Å². The molecule has 5 heteroatoms. The van der Waals surface area contributed by atoms with Gasteiger partial charge in [0, 0.05) is 29.6 Å². The lowest BCUT2D eigenvalue weighted by Gasteiger charge is -2.14. The molecule has 3 aromatic rings. The van der Waals surface area contributed by atoms with Crippen molar-refractivity contribution in [2.45, 2.75) is 46.1 Å². The molecule has 28 heavy (non-hydrogen) atoms. The van der Waals surface area contributed by atoms with Gasteiger partial charge in [-0.05, 0) is 63.3 Å². The van der Waals surface area contributed by atoms with E-state index in [9.17, 15) is 4.79 Å². The Morgan fingerprint density at radius 2 is 2.00 bits per heavy atom. The highest BCUT2D eigenvalue weighted by atomic mass is 16.1. The number of pyridine rings is 1. The molecule has 0 fully saturated rings. The third kappa shape index (κ3) is 3.70. The molecular weight excluding hydrogens is 348 g/mol. The van der Waals surface area contributed by atoms with E-state index in [-0.39, 0.29) is 5.91 Å². The maximum Gasteiger partial charge on any atom is 0.251 e. The first-order chi connectivity index (χ1) is 13.6. The largest absolute Gasteiger partial charge is 0.350 e. The summed E-state index contributed by atoms with van der Waals surface area (Å²) in [5, 5.41) is 7.91. The number of hydrogen-bond donors (Lipinski definition) is 1. The average Bonchev–Trinajstić information content (AvgIpc) is 3.07. The molecule has 1 N–H and O–H groups in total. The number of aryl methyl sites for hydroxylation is 2. The molecule has 144 valence electrons. The second kappa shape index (κ2) is 7.97. The summed E-state index contributed by atoms with van der Waals surface area (Å²) in [7, 11) is 0. The molecule has 0 atom stereocenters. The first-order valence-corrected chi connectivity index (χ1v) is 9.99. The van der Waals surface area contributed by atoms with Crippen LogP contribution in [0.1, 0.15) is 45.6 Å². The summed E-state index contributed by atoms with van der Waals surface area (Å²) in [6.45, 7) is 5.24. The van der Waals surface area contributed by atoms with Gasteiger partial charge in [0.1, 0.15) is 5.69 Å². The van der Waals surface area contributed by atoms with Crippen molar-refractivity contribution in [3.8, 4) is 11.4 Å². The number of nitrogens with zero attached hydrogens (tertiary/aromatic N) is 3. The molecule has 5 nitrogen and oxygen atoms in total. The van der Waals surface area contributed by atoms with E-state index in [2.05, 4.69) is 15.0 Å². The molecule has 2 heterocycles.